The zero-order valence-electron chi connectivity index (χ0n) is 7.47. The van der Waals surface area contributed by atoms with E-state index in [9.17, 15) is 4.79 Å². The van der Waals surface area contributed by atoms with Gasteiger partial charge in [0.2, 0.25) is 0 Å². The maximum atomic E-state index is 11.1. The Morgan fingerprint density at radius 1 is 1.36 bits per heavy atom. The summed E-state index contributed by atoms with van der Waals surface area (Å²) in [6.45, 7) is 11.4. The van der Waals surface area contributed by atoms with Crippen molar-refractivity contribution in [3.8, 4) is 0 Å². The Kier molecular flexibility index (Phi) is 9.66. The fourth-order valence-electron chi connectivity index (χ4n) is 1.05. The van der Waals surface area contributed by atoms with Crippen LogP contribution in [0.3, 0.4) is 0 Å². The van der Waals surface area contributed by atoms with Gasteiger partial charge >= 0.3 is 0 Å². The fraction of sp³-hybridized carbons (Fsp3) is 0.667. The van der Waals surface area contributed by atoms with Crippen molar-refractivity contribution in [1.82, 2.24) is 0 Å². The topological polar surface area (TPSA) is 17.1 Å². The first-order valence-corrected chi connectivity index (χ1v) is 3.74. The van der Waals surface area contributed by atoms with Crippen molar-refractivity contribution in [2.24, 2.45) is 11.8 Å². The van der Waals surface area contributed by atoms with Gasteiger partial charge in [0.05, 0.1) is 0 Å². The first-order chi connectivity index (χ1) is 4.63. The van der Waals surface area contributed by atoms with Gasteiger partial charge in [-0.2, -0.15) is 6.42 Å². The van der Waals surface area contributed by atoms with Gasteiger partial charge in [-0.3, -0.25) is 0 Å². The molecule has 0 aromatic carbocycles. The Bertz CT molecular complexity index is 110. The van der Waals surface area contributed by atoms with E-state index < -0.39 is 0 Å². The molecule has 0 saturated carbocycles. The maximum Gasteiger partial charge on any atom is 0.104 e. The minimum absolute atomic E-state index is 0. The van der Waals surface area contributed by atoms with Gasteiger partial charge in [-0.1, -0.05) is 13.8 Å². The van der Waals surface area contributed by atoms with Crippen LogP contribution in [-0.4, -0.2) is 5.78 Å². The van der Waals surface area contributed by atoms with Crippen molar-refractivity contribution in [3.05, 3.63) is 13.8 Å². The molecule has 0 heterocycles. The molecule has 0 aliphatic rings. The van der Waals surface area contributed by atoms with Gasteiger partial charge in [0.1, 0.15) is 5.78 Å². The van der Waals surface area contributed by atoms with E-state index in [1.165, 1.54) is 0 Å². The van der Waals surface area contributed by atoms with Gasteiger partial charge < -0.3 is 18.6 Å². The van der Waals surface area contributed by atoms with Crippen LogP contribution in [0.25, 0.3) is 0 Å². The van der Waals surface area contributed by atoms with Crippen molar-refractivity contribution < 1.29 is 37.5 Å². The zero-order chi connectivity index (χ0) is 8.15. The van der Waals surface area contributed by atoms with Crippen LogP contribution < -0.4 is 0 Å². The Labute approximate surface area is 95.2 Å². The quantitative estimate of drug-likeness (QED) is 0.676. The van der Waals surface area contributed by atoms with E-state index in [-0.39, 0.29) is 44.4 Å². The van der Waals surface area contributed by atoms with E-state index in [0.29, 0.717) is 18.8 Å². The van der Waals surface area contributed by atoms with Crippen LogP contribution in [0.4, 0.5) is 0 Å². The molecule has 0 amide bonds. The summed E-state index contributed by atoms with van der Waals surface area (Å²) < 4.78 is 0. The van der Waals surface area contributed by atoms with Gasteiger partial charge in [-0.05, 0) is 11.8 Å². The average molecular weight is 229 g/mol. The molecule has 0 aliphatic heterocycles. The van der Waals surface area contributed by atoms with E-state index in [0.717, 1.165) is 0 Å². The molecule has 0 spiro atoms. The van der Waals surface area contributed by atoms with Crippen molar-refractivity contribution in [3.63, 3.8) is 0 Å². The molecule has 2 heteroatoms. The predicted octanol–water partition coefficient (Wildman–Crippen LogP) is 2.27. The third-order valence-corrected chi connectivity index (χ3v) is 1.78. The van der Waals surface area contributed by atoms with Gasteiger partial charge in [0, 0.05) is 32.7 Å². The maximum absolute atomic E-state index is 11.1. The van der Waals surface area contributed by atoms with Gasteiger partial charge in [-0.25, -0.2) is 0 Å². The first-order valence-electron chi connectivity index (χ1n) is 3.74. The summed E-state index contributed by atoms with van der Waals surface area (Å²) in [5, 5.41) is 0. The average Bonchev–Trinajstić information content (AvgIpc) is 1.88. The molecule has 1 atom stereocenters. The molecule has 1 radical (unpaired) electrons. The molecule has 0 bridgehead atoms. The second-order valence-electron chi connectivity index (χ2n) is 2.86. The molecular weight excluding hydrogens is 213 g/mol. The van der Waals surface area contributed by atoms with E-state index in [1.54, 1.807) is 0 Å². The van der Waals surface area contributed by atoms with Crippen molar-refractivity contribution in [2.45, 2.75) is 26.7 Å². The third kappa shape index (κ3) is 5.08. The van der Waals surface area contributed by atoms with Crippen LogP contribution >= 0.6 is 0 Å². The largest absolute Gasteiger partial charge is 0.343 e. The number of carbonyl (C=O) groups is 1. The van der Waals surface area contributed by atoms with Crippen molar-refractivity contribution in [1.29, 1.82) is 0 Å². The molecular formula is C9H16OY-2. The predicted molar refractivity (Wildman–Crippen MR) is 43.3 cm³/mol. The van der Waals surface area contributed by atoms with E-state index >= 15 is 0 Å². The van der Waals surface area contributed by atoms with Crippen molar-refractivity contribution in [2.75, 3.05) is 0 Å². The molecule has 0 aromatic heterocycles. The van der Waals surface area contributed by atoms with Crippen LogP contribution in [0.5, 0.6) is 0 Å². The van der Waals surface area contributed by atoms with E-state index in [2.05, 4.69) is 13.8 Å². The molecule has 1 nitrogen and oxygen atoms in total. The summed E-state index contributed by atoms with van der Waals surface area (Å²) in [5.74, 6) is 0.772. The second kappa shape index (κ2) is 7.42. The normalized spacial score (nSPS) is 12.5. The van der Waals surface area contributed by atoms with E-state index in [1.807, 2.05) is 13.8 Å². The Morgan fingerprint density at radius 2 is 1.82 bits per heavy atom. The number of hydrogen-bond donors (Lipinski definition) is 0. The molecule has 1 unspecified atom stereocenters. The van der Waals surface area contributed by atoms with Gasteiger partial charge in [-0.15, -0.1) is 6.42 Å². The fourth-order valence-corrected chi connectivity index (χ4v) is 1.05. The molecule has 0 N–H and O–H groups in total. The number of Topliss-reactive ketones (excluding diaryl/α,β-unsaturated/α-hetero) is 1. The van der Waals surface area contributed by atoms with Crippen LogP contribution in [0.2, 0.25) is 0 Å². The van der Waals surface area contributed by atoms with E-state index in [4.69, 9.17) is 0 Å². The van der Waals surface area contributed by atoms with Crippen LogP contribution in [-0.2, 0) is 37.5 Å². The monoisotopic (exact) mass is 229 g/mol. The molecule has 0 saturated heterocycles. The summed E-state index contributed by atoms with van der Waals surface area (Å²) in [4.78, 5) is 11.1. The van der Waals surface area contributed by atoms with Crippen LogP contribution in [0.1, 0.15) is 26.7 Å². The molecule has 0 fully saturated rings. The van der Waals surface area contributed by atoms with Crippen LogP contribution in [0.15, 0.2) is 0 Å². The summed E-state index contributed by atoms with van der Waals surface area (Å²) in [6.07, 6.45) is 1.10. The summed E-state index contributed by atoms with van der Waals surface area (Å²) in [5.41, 5.74) is 0. The molecule has 0 rings (SSSR count). The molecule has 11 heavy (non-hydrogen) atoms. The van der Waals surface area contributed by atoms with Gasteiger partial charge in [0.15, 0.2) is 0 Å². The summed E-state index contributed by atoms with van der Waals surface area (Å²) >= 11 is 0. The summed E-state index contributed by atoms with van der Waals surface area (Å²) in [7, 11) is 0. The molecule has 0 aliphatic carbocycles. The minimum Gasteiger partial charge on any atom is -0.343 e. The number of ketones is 1. The summed E-state index contributed by atoms with van der Waals surface area (Å²) in [6, 6.07) is 0. The third-order valence-electron chi connectivity index (χ3n) is 1.78. The molecule has 0 aromatic rings. The minimum atomic E-state index is 0. The molecule has 63 valence electrons. The zero-order valence-corrected chi connectivity index (χ0v) is 10.3. The van der Waals surface area contributed by atoms with Crippen LogP contribution in [0, 0.1) is 25.7 Å². The first kappa shape index (κ1) is 14.3. The van der Waals surface area contributed by atoms with Crippen molar-refractivity contribution >= 4 is 5.78 Å². The number of carbonyl (C=O) groups excluding carboxylic acids is 1. The Morgan fingerprint density at radius 3 is 1.91 bits per heavy atom. The standard InChI is InChI=1S/C9H16O.Y/c1-5-8(7(3)4)9(10)6-2;/h7-8H,1-2,5-6H2,3-4H3;/q-2;. The second-order valence-corrected chi connectivity index (χ2v) is 2.86. The number of hydrogen-bond acceptors (Lipinski definition) is 1. The Balaban J connectivity index is 0. The van der Waals surface area contributed by atoms with Gasteiger partial charge in [0.25, 0.3) is 0 Å². The Hall–Kier alpha value is 0.774. The SMILES string of the molecule is [CH2-]CC(=O)C(C[CH2-])C(C)C.[Y]. The smallest absolute Gasteiger partial charge is 0.104 e. The number of rotatable bonds is 4.